The topological polar surface area (TPSA) is 48.7 Å². The summed E-state index contributed by atoms with van der Waals surface area (Å²) in [6.45, 7) is 0. The Hall–Kier alpha value is -2.64. The van der Waals surface area contributed by atoms with Crippen LogP contribution in [0.2, 0.25) is 5.02 Å². The minimum Gasteiger partial charge on any atom is -0.351 e. The van der Waals surface area contributed by atoms with Crippen molar-refractivity contribution in [3.63, 3.8) is 0 Å². The SMILES string of the molecule is N#Cc1ccc2ncc(Cl)c(Nc3ccccc3F)c2c1. The zero-order chi connectivity index (χ0) is 14.8. The van der Waals surface area contributed by atoms with Crippen molar-refractivity contribution in [3.8, 4) is 6.07 Å². The third kappa shape index (κ3) is 2.51. The van der Waals surface area contributed by atoms with Crippen LogP contribution in [0.1, 0.15) is 5.56 Å². The lowest BCUT2D eigenvalue weighted by molar-refractivity contribution is 0.632. The summed E-state index contributed by atoms with van der Waals surface area (Å²) < 4.78 is 13.8. The molecule has 0 aliphatic carbocycles. The summed E-state index contributed by atoms with van der Waals surface area (Å²) >= 11 is 6.17. The van der Waals surface area contributed by atoms with Gasteiger partial charge in [-0.25, -0.2) is 4.39 Å². The Balaban J connectivity index is 2.19. The third-order valence-electron chi connectivity index (χ3n) is 3.08. The van der Waals surface area contributed by atoms with E-state index in [1.54, 1.807) is 36.4 Å². The van der Waals surface area contributed by atoms with E-state index in [0.717, 1.165) is 0 Å². The van der Waals surface area contributed by atoms with Gasteiger partial charge in [-0.1, -0.05) is 23.7 Å². The number of nitriles is 1. The Morgan fingerprint density at radius 2 is 2.00 bits per heavy atom. The minimum absolute atomic E-state index is 0.314. The lowest BCUT2D eigenvalue weighted by Gasteiger charge is -2.12. The first-order chi connectivity index (χ1) is 10.2. The van der Waals surface area contributed by atoms with Gasteiger partial charge in [-0.3, -0.25) is 4.98 Å². The maximum absolute atomic E-state index is 13.8. The van der Waals surface area contributed by atoms with E-state index in [-0.39, 0.29) is 5.82 Å². The summed E-state index contributed by atoms with van der Waals surface area (Å²) in [5.74, 6) is -0.380. The molecule has 0 saturated heterocycles. The van der Waals surface area contributed by atoms with Gasteiger partial charge < -0.3 is 5.32 Å². The Labute approximate surface area is 125 Å². The summed E-state index contributed by atoms with van der Waals surface area (Å²) in [4.78, 5) is 4.21. The second kappa shape index (κ2) is 5.39. The molecule has 102 valence electrons. The predicted molar refractivity (Wildman–Crippen MR) is 81.2 cm³/mol. The molecule has 1 aromatic heterocycles. The molecular formula is C16H9ClFN3. The quantitative estimate of drug-likeness (QED) is 0.749. The molecule has 1 N–H and O–H groups in total. The molecule has 2 aromatic carbocycles. The molecule has 1 heterocycles. The molecule has 0 saturated carbocycles. The number of aromatic nitrogens is 1. The molecule has 0 bridgehead atoms. The van der Waals surface area contributed by atoms with Gasteiger partial charge in [0, 0.05) is 11.6 Å². The highest BCUT2D eigenvalue weighted by Gasteiger charge is 2.10. The van der Waals surface area contributed by atoms with Gasteiger partial charge in [0.1, 0.15) is 5.82 Å². The standard InChI is InChI=1S/C16H9ClFN3/c17-12-9-20-14-6-5-10(8-19)7-11(14)16(12)21-15-4-2-1-3-13(15)18/h1-7,9H,(H,20,21). The van der Waals surface area contributed by atoms with Crippen molar-refractivity contribution in [1.82, 2.24) is 4.98 Å². The van der Waals surface area contributed by atoms with Crippen LogP contribution in [0.4, 0.5) is 15.8 Å². The number of nitrogens with one attached hydrogen (secondary N) is 1. The van der Waals surface area contributed by atoms with E-state index in [2.05, 4.69) is 16.4 Å². The molecule has 3 aromatic rings. The van der Waals surface area contributed by atoms with Crippen LogP contribution in [-0.4, -0.2) is 4.98 Å². The number of halogens is 2. The maximum atomic E-state index is 13.8. The minimum atomic E-state index is -0.380. The number of fused-ring (bicyclic) bond motifs is 1. The fourth-order valence-corrected chi connectivity index (χ4v) is 2.26. The number of anilines is 2. The molecule has 0 spiro atoms. The molecule has 0 radical (unpaired) electrons. The number of nitrogens with zero attached hydrogens (tertiary/aromatic N) is 2. The Morgan fingerprint density at radius 1 is 1.19 bits per heavy atom. The molecule has 0 aliphatic heterocycles. The van der Waals surface area contributed by atoms with Crippen LogP contribution in [-0.2, 0) is 0 Å². The van der Waals surface area contributed by atoms with Crippen molar-refractivity contribution in [2.24, 2.45) is 0 Å². The predicted octanol–water partition coefficient (Wildman–Crippen LogP) is 4.64. The van der Waals surface area contributed by atoms with E-state index in [1.165, 1.54) is 12.3 Å². The lowest BCUT2D eigenvalue weighted by Crippen LogP contribution is -1.96. The Morgan fingerprint density at radius 3 is 2.76 bits per heavy atom. The van der Waals surface area contributed by atoms with Crippen molar-refractivity contribution in [3.05, 3.63) is 65.1 Å². The normalized spacial score (nSPS) is 10.3. The first-order valence-corrected chi connectivity index (χ1v) is 6.57. The van der Waals surface area contributed by atoms with Crippen molar-refractivity contribution < 1.29 is 4.39 Å². The van der Waals surface area contributed by atoms with E-state index < -0.39 is 0 Å². The largest absolute Gasteiger partial charge is 0.351 e. The fraction of sp³-hybridized carbons (Fsp3) is 0. The van der Waals surface area contributed by atoms with Gasteiger partial charge in [-0.15, -0.1) is 0 Å². The van der Waals surface area contributed by atoms with Gasteiger partial charge in [-0.2, -0.15) is 5.26 Å². The van der Waals surface area contributed by atoms with Crippen LogP contribution >= 0.6 is 11.6 Å². The first-order valence-electron chi connectivity index (χ1n) is 6.19. The zero-order valence-electron chi connectivity index (χ0n) is 10.8. The van der Waals surface area contributed by atoms with Gasteiger partial charge in [0.05, 0.1) is 33.5 Å². The molecule has 0 fully saturated rings. The lowest BCUT2D eigenvalue weighted by atomic mass is 10.1. The van der Waals surface area contributed by atoms with Gasteiger partial charge in [-0.05, 0) is 30.3 Å². The van der Waals surface area contributed by atoms with Crippen molar-refractivity contribution in [2.75, 3.05) is 5.32 Å². The summed E-state index contributed by atoms with van der Waals surface area (Å²) in [7, 11) is 0. The molecule has 5 heteroatoms. The van der Waals surface area contributed by atoms with E-state index in [4.69, 9.17) is 16.9 Å². The van der Waals surface area contributed by atoms with E-state index in [1.807, 2.05) is 0 Å². The number of para-hydroxylation sites is 1. The monoisotopic (exact) mass is 297 g/mol. The summed E-state index contributed by atoms with van der Waals surface area (Å²) in [5.41, 5.74) is 2.01. The Bertz CT molecular complexity index is 871. The summed E-state index contributed by atoms with van der Waals surface area (Å²) in [5, 5.41) is 13.0. The molecule has 0 unspecified atom stereocenters. The van der Waals surface area contributed by atoms with Crippen LogP contribution in [0, 0.1) is 17.1 Å². The van der Waals surface area contributed by atoms with Gasteiger partial charge in [0.25, 0.3) is 0 Å². The van der Waals surface area contributed by atoms with E-state index in [0.29, 0.717) is 32.9 Å². The van der Waals surface area contributed by atoms with Crippen molar-refractivity contribution >= 4 is 33.9 Å². The number of pyridine rings is 1. The molecule has 0 aliphatic rings. The average Bonchev–Trinajstić information content (AvgIpc) is 2.51. The number of hydrogen-bond donors (Lipinski definition) is 1. The highest BCUT2D eigenvalue weighted by Crippen LogP contribution is 2.33. The van der Waals surface area contributed by atoms with Gasteiger partial charge in [0.2, 0.25) is 0 Å². The van der Waals surface area contributed by atoms with Crippen LogP contribution in [0.25, 0.3) is 10.9 Å². The second-order valence-electron chi connectivity index (χ2n) is 4.43. The highest BCUT2D eigenvalue weighted by molar-refractivity contribution is 6.34. The van der Waals surface area contributed by atoms with Crippen molar-refractivity contribution in [2.45, 2.75) is 0 Å². The maximum Gasteiger partial charge on any atom is 0.146 e. The van der Waals surface area contributed by atoms with Crippen LogP contribution in [0.15, 0.2) is 48.7 Å². The highest BCUT2D eigenvalue weighted by atomic mass is 35.5. The molecular weight excluding hydrogens is 289 g/mol. The first kappa shape index (κ1) is 13.3. The molecule has 3 nitrogen and oxygen atoms in total. The summed E-state index contributed by atoms with van der Waals surface area (Å²) in [6, 6.07) is 13.5. The van der Waals surface area contributed by atoms with Crippen LogP contribution < -0.4 is 5.32 Å². The molecule has 0 amide bonds. The van der Waals surface area contributed by atoms with Crippen LogP contribution in [0.5, 0.6) is 0 Å². The van der Waals surface area contributed by atoms with Gasteiger partial charge >= 0.3 is 0 Å². The fourth-order valence-electron chi connectivity index (χ4n) is 2.06. The molecule has 21 heavy (non-hydrogen) atoms. The second-order valence-corrected chi connectivity index (χ2v) is 4.84. The van der Waals surface area contributed by atoms with E-state index >= 15 is 0 Å². The number of benzene rings is 2. The zero-order valence-corrected chi connectivity index (χ0v) is 11.5. The number of rotatable bonds is 2. The van der Waals surface area contributed by atoms with Crippen LogP contribution in [0.3, 0.4) is 0 Å². The molecule has 0 atom stereocenters. The third-order valence-corrected chi connectivity index (χ3v) is 3.37. The number of hydrogen-bond acceptors (Lipinski definition) is 3. The van der Waals surface area contributed by atoms with Crippen molar-refractivity contribution in [1.29, 1.82) is 5.26 Å². The average molecular weight is 298 g/mol. The van der Waals surface area contributed by atoms with Gasteiger partial charge in [0.15, 0.2) is 0 Å². The van der Waals surface area contributed by atoms with E-state index in [9.17, 15) is 4.39 Å². The smallest absolute Gasteiger partial charge is 0.146 e. The summed E-state index contributed by atoms with van der Waals surface area (Å²) in [6.07, 6.45) is 1.50. The Kier molecular flexibility index (Phi) is 3.43. The molecule has 3 rings (SSSR count).